The zero-order chi connectivity index (χ0) is 20.6. The van der Waals surface area contributed by atoms with Crippen molar-refractivity contribution in [2.75, 3.05) is 11.9 Å². The largest absolute Gasteiger partial charge is 0.448 e. The lowest BCUT2D eigenvalue weighted by molar-refractivity contribution is -0.00363. The molecular formula is C17H22ClFN6O3. The number of hydrogen-bond donors (Lipinski definition) is 2. The number of aliphatic hydroxyl groups is 1. The van der Waals surface area contributed by atoms with Crippen LogP contribution < -0.4 is 5.32 Å². The molecular weight excluding hydrogens is 391 g/mol. The van der Waals surface area contributed by atoms with E-state index in [0.717, 1.165) is 10.9 Å². The van der Waals surface area contributed by atoms with Crippen LogP contribution in [0.5, 0.6) is 0 Å². The van der Waals surface area contributed by atoms with Crippen molar-refractivity contribution in [3.05, 3.63) is 29.1 Å². The maximum Gasteiger partial charge on any atom is 0.435 e. The number of nitrogens with one attached hydrogen (secondary N) is 1. The highest BCUT2D eigenvalue weighted by molar-refractivity contribution is 6.19. The van der Waals surface area contributed by atoms with Gasteiger partial charge in [0, 0.05) is 18.5 Å². The fourth-order valence-corrected chi connectivity index (χ4v) is 3.58. The molecule has 1 unspecified atom stereocenters. The zero-order valence-corrected chi connectivity index (χ0v) is 16.8. The van der Waals surface area contributed by atoms with E-state index >= 15 is 0 Å². The van der Waals surface area contributed by atoms with Gasteiger partial charge in [-0.1, -0.05) is 18.5 Å². The molecule has 0 aliphatic carbocycles. The predicted octanol–water partition coefficient (Wildman–Crippen LogP) is 2.69. The predicted molar refractivity (Wildman–Crippen MR) is 99.7 cm³/mol. The molecule has 2 N–H and O–H groups in total. The third kappa shape index (κ3) is 3.43. The number of carbonyl (C=O) groups is 1. The zero-order valence-electron chi connectivity index (χ0n) is 16.0. The highest BCUT2D eigenvalue weighted by Crippen LogP contribution is 2.44. The summed E-state index contributed by atoms with van der Waals surface area (Å²) in [6.07, 6.45) is 0.933. The molecule has 2 aromatic rings. The molecule has 0 bridgehead atoms. The van der Waals surface area contributed by atoms with Crippen molar-refractivity contribution in [2.45, 2.75) is 51.9 Å². The summed E-state index contributed by atoms with van der Waals surface area (Å²) in [5.74, 6) is -0.00642. The second kappa shape index (κ2) is 7.61. The fraction of sp³-hybridized carbons (Fsp3) is 0.529. The first-order valence-corrected chi connectivity index (χ1v) is 9.31. The average molecular weight is 413 g/mol. The Kier molecular flexibility index (Phi) is 5.55. The molecule has 1 aliphatic heterocycles. The quantitative estimate of drug-likeness (QED) is 0.570. The Morgan fingerprint density at radius 1 is 1.46 bits per heavy atom. The molecule has 0 amide bonds. The molecule has 28 heavy (non-hydrogen) atoms. The standard InChI is InChI=1S/C17H22ClFN6O3/c1-5-11-20-7-10(19)14(21-11)22-13-9-8-24(15(18)26)17(3,4)12(9)25(23-13)16(27)28-6-2/h7,15,26H,5-6,8H2,1-4H3,(H,20,21,22,23). The fourth-order valence-electron chi connectivity index (χ4n) is 3.27. The van der Waals surface area contributed by atoms with Crippen LogP contribution in [0.2, 0.25) is 0 Å². The summed E-state index contributed by atoms with van der Waals surface area (Å²) in [5, 5.41) is 17.1. The average Bonchev–Trinajstić information content (AvgIpc) is 3.13. The van der Waals surface area contributed by atoms with E-state index < -0.39 is 23.1 Å². The van der Waals surface area contributed by atoms with Crippen molar-refractivity contribution in [3.63, 3.8) is 0 Å². The second-order valence-electron chi connectivity index (χ2n) is 6.75. The van der Waals surface area contributed by atoms with Crippen LogP contribution in [0.15, 0.2) is 6.20 Å². The monoisotopic (exact) mass is 412 g/mol. The highest BCUT2D eigenvalue weighted by Gasteiger charge is 2.46. The molecule has 0 saturated heterocycles. The number of aliphatic hydroxyl groups excluding tert-OH is 1. The normalized spacial score (nSPS) is 16.7. The minimum Gasteiger partial charge on any atom is -0.448 e. The number of aryl methyl sites for hydroxylation is 1. The number of halogens is 2. The van der Waals surface area contributed by atoms with Gasteiger partial charge < -0.3 is 15.2 Å². The van der Waals surface area contributed by atoms with E-state index in [1.807, 2.05) is 6.92 Å². The Morgan fingerprint density at radius 3 is 2.79 bits per heavy atom. The van der Waals surface area contributed by atoms with Crippen LogP contribution in [0.4, 0.5) is 20.8 Å². The Balaban J connectivity index is 2.10. The van der Waals surface area contributed by atoms with E-state index in [0.29, 0.717) is 23.5 Å². The maximum atomic E-state index is 14.2. The number of rotatable bonds is 5. The molecule has 0 fully saturated rings. The molecule has 3 rings (SSSR count). The number of alkyl halides is 1. The van der Waals surface area contributed by atoms with Crippen LogP contribution in [0.3, 0.4) is 0 Å². The van der Waals surface area contributed by atoms with Gasteiger partial charge in [0.05, 0.1) is 24.0 Å². The molecule has 9 nitrogen and oxygen atoms in total. The minimum atomic E-state index is -1.28. The lowest BCUT2D eigenvalue weighted by Crippen LogP contribution is -2.42. The van der Waals surface area contributed by atoms with Gasteiger partial charge in [-0.3, -0.25) is 4.90 Å². The highest BCUT2D eigenvalue weighted by atomic mass is 35.5. The first-order chi connectivity index (χ1) is 13.2. The van der Waals surface area contributed by atoms with E-state index in [-0.39, 0.29) is 24.8 Å². The van der Waals surface area contributed by atoms with Crippen molar-refractivity contribution in [2.24, 2.45) is 0 Å². The molecule has 0 radical (unpaired) electrons. The summed E-state index contributed by atoms with van der Waals surface area (Å²) in [5.41, 5.74) is -1.02. The molecule has 1 aliphatic rings. The lowest BCUT2D eigenvalue weighted by atomic mass is 10.0. The van der Waals surface area contributed by atoms with Crippen LogP contribution in [0.25, 0.3) is 0 Å². The molecule has 11 heteroatoms. The number of anilines is 2. The van der Waals surface area contributed by atoms with E-state index in [2.05, 4.69) is 20.4 Å². The van der Waals surface area contributed by atoms with Gasteiger partial charge in [0.15, 0.2) is 23.1 Å². The van der Waals surface area contributed by atoms with Gasteiger partial charge in [-0.2, -0.15) is 4.68 Å². The van der Waals surface area contributed by atoms with E-state index in [1.165, 1.54) is 0 Å². The van der Waals surface area contributed by atoms with Gasteiger partial charge in [-0.15, -0.1) is 5.10 Å². The Morgan fingerprint density at radius 2 is 2.18 bits per heavy atom. The first-order valence-electron chi connectivity index (χ1n) is 8.87. The van der Waals surface area contributed by atoms with Crippen LogP contribution in [-0.2, 0) is 23.2 Å². The van der Waals surface area contributed by atoms with Crippen molar-refractivity contribution in [1.29, 1.82) is 0 Å². The smallest absolute Gasteiger partial charge is 0.435 e. The minimum absolute atomic E-state index is 0.0502. The maximum absolute atomic E-state index is 14.2. The van der Waals surface area contributed by atoms with Gasteiger partial charge in [0.25, 0.3) is 0 Å². The Bertz CT molecular complexity index is 901. The van der Waals surface area contributed by atoms with Gasteiger partial charge in [0.2, 0.25) is 0 Å². The van der Waals surface area contributed by atoms with Gasteiger partial charge in [-0.25, -0.2) is 19.2 Å². The number of aromatic nitrogens is 4. The van der Waals surface area contributed by atoms with E-state index in [4.69, 9.17) is 16.3 Å². The molecule has 152 valence electrons. The second-order valence-corrected chi connectivity index (χ2v) is 7.14. The van der Waals surface area contributed by atoms with Crippen molar-refractivity contribution in [3.8, 4) is 0 Å². The van der Waals surface area contributed by atoms with Crippen LogP contribution in [0.1, 0.15) is 44.8 Å². The van der Waals surface area contributed by atoms with Crippen LogP contribution in [-0.4, -0.2) is 48.1 Å². The van der Waals surface area contributed by atoms with Gasteiger partial charge >= 0.3 is 6.09 Å². The summed E-state index contributed by atoms with van der Waals surface area (Å²) in [7, 11) is 0. The van der Waals surface area contributed by atoms with Crippen molar-refractivity contribution >= 4 is 29.3 Å². The molecule has 3 heterocycles. The number of ether oxygens (including phenoxy) is 1. The summed E-state index contributed by atoms with van der Waals surface area (Å²) in [6, 6.07) is 0. The molecule has 2 aromatic heterocycles. The number of fused-ring (bicyclic) bond motifs is 1. The summed E-state index contributed by atoms with van der Waals surface area (Å²) in [6.45, 7) is 7.49. The first kappa shape index (κ1) is 20.4. The summed E-state index contributed by atoms with van der Waals surface area (Å²) >= 11 is 5.92. The van der Waals surface area contributed by atoms with E-state index in [9.17, 15) is 14.3 Å². The van der Waals surface area contributed by atoms with Crippen LogP contribution >= 0.6 is 11.6 Å². The van der Waals surface area contributed by atoms with Crippen LogP contribution in [0, 0.1) is 5.82 Å². The third-order valence-electron chi connectivity index (χ3n) is 4.65. The number of carbonyl (C=O) groups excluding carboxylic acids is 1. The molecule has 1 atom stereocenters. The Hall–Kier alpha value is -2.30. The molecule has 0 spiro atoms. The van der Waals surface area contributed by atoms with Crippen molar-refractivity contribution in [1.82, 2.24) is 24.6 Å². The number of hydrogen-bond acceptors (Lipinski definition) is 8. The lowest BCUT2D eigenvalue weighted by Gasteiger charge is -2.33. The molecule has 0 saturated carbocycles. The Labute approximate surface area is 166 Å². The van der Waals surface area contributed by atoms with Crippen molar-refractivity contribution < 1.29 is 19.0 Å². The van der Waals surface area contributed by atoms with E-state index in [1.54, 1.807) is 25.7 Å². The number of nitrogens with zero attached hydrogens (tertiary/aromatic N) is 5. The van der Waals surface area contributed by atoms with Gasteiger partial charge in [-0.05, 0) is 20.8 Å². The third-order valence-corrected chi connectivity index (χ3v) is 4.89. The summed E-state index contributed by atoms with van der Waals surface area (Å²) < 4.78 is 20.4. The topological polar surface area (TPSA) is 105 Å². The molecule has 0 aromatic carbocycles. The summed E-state index contributed by atoms with van der Waals surface area (Å²) in [4.78, 5) is 22.1. The SMILES string of the molecule is CCOC(=O)n1nc(Nc2nc(CC)ncc2F)c2c1C(C)(C)N(C(O)Cl)C2. The van der Waals surface area contributed by atoms with Gasteiger partial charge in [0.1, 0.15) is 5.82 Å².